The number of nitrogens with zero attached hydrogens (tertiary/aromatic N) is 1. The molecule has 0 heterocycles. The molecule has 2 N–H and O–H groups in total. The van der Waals surface area contributed by atoms with E-state index in [4.69, 9.17) is 5.11 Å². The zero-order valence-corrected chi connectivity index (χ0v) is 7.64. The van der Waals surface area contributed by atoms with Crippen LogP contribution >= 0.6 is 0 Å². The number of aliphatic hydroxyl groups is 1. The summed E-state index contributed by atoms with van der Waals surface area (Å²) < 4.78 is 0. The van der Waals surface area contributed by atoms with Crippen molar-refractivity contribution in [2.45, 2.75) is 6.54 Å². The average Bonchev–Trinajstić information content (AvgIpc) is 2.14. The number of rotatable bonds is 5. The van der Waals surface area contributed by atoms with Gasteiger partial charge in [0.25, 0.3) is 0 Å². The van der Waals surface area contributed by atoms with E-state index < -0.39 is 0 Å². The highest BCUT2D eigenvalue weighted by Crippen LogP contribution is 2.10. The number of hydrogen-bond acceptors (Lipinski definition) is 4. The van der Waals surface area contributed by atoms with Crippen molar-refractivity contribution < 1.29 is 10.0 Å². The van der Waals surface area contributed by atoms with Crippen molar-refractivity contribution in [3.05, 3.63) is 39.9 Å². The first-order valence-corrected chi connectivity index (χ1v) is 4.28. The molecule has 0 saturated heterocycles. The summed E-state index contributed by atoms with van der Waals surface area (Å²) in [5.41, 5.74) is 1.44. The Morgan fingerprint density at radius 1 is 1.50 bits per heavy atom. The Hall–Kier alpha value is -1.62. The number of nitro groups is 1. The summed E-state index contributed by atoms with van der Waals surface area (Å²) in [7, 11) is 0. The average molecular weight is 196 g/mol. The van der Waals surface area contributed by atoms with Crippen LogP contribution in [0.3, 0.4) is 0 Å². The molecule has 0 fully saturated rings. The maximum Gasteiger partial charge on any atom is 0.229 e. The largest absolute Gasteiger partial charge is 0.395 e. The van der Waals surface area contributed by atoms with Crippen molar-refractivity contribution >= 4 is 5.69 Å². The molecule has 0 spiro atoms. The maximum absolute atomic E-state index is 10.2. The third kappa shape index (κ3) is 3.40. The normalized spacial score (nSPS) is 9.79. The van der Waals surface area contributed by atoms with Gasteiger partial charge in [-0.3, -0.25) is 10.1 Å². The van der Waals surface area contributed by atoms with E-state index in [9.17, 15) is 10.1 Å². The number of anilines is 1. The van der Waals surface area contributed by atoms with E-state index >= 15 is 0 Å². The van der Waals surface area contributed by atoms with Crippen LogP contribution in [-0.2, 0) is 6.54 Å². The van der Waals surface area contributed by atoms with Crippen molar-refractivity contribution in [2.24, 2.45) is 0 Å². The van der Waals surface area contributed by atoms with Gasteiger partial charge >= 0.3 is 0 Å². The zero-order chi connectivity index (χ0) is 10.4. The molecule has 0 unspecified atom stereocenters. The fourth-order valence-electron chi connectivity index (χ4n) is 1.13. The summed E-state index contributed by atoms with van der Waals surface area (Å²) in [5, 5.41) is 21.7. The molecule has 0 aliphatic rings. The fraction of sp³-hybridized carbons (Fsp3) is 0.333. The van der Waals surface area contributed by atoms with Crippen LogP contribution in [0.15, 0.2) is 24.3 Å². The second-order valence-electron chi connectivity index (χ2n) is 2.84. The lowest BCUT2D eigenvalue weighted by atomic mass is 10.2. The lowest BCUT2D eigenvalue weighted by molar-refractivity contribution is -0.496. The Morgan fingerprint density at radius 2 is 2.29 bits per heavy atom. The van der Waals surface area contributed by atoms with Gasteiger partial charge in [0.2, 0.25) is 6.54 Å². The van der Waals surface area contributed by atoms with E-state index in [-0.39, 0.29) is 18.1 Å². The van der Waals surface area contributed by atoms with Crippen LogP contribution in [0.25, 0.3) is 0 Å². The quantitative estimate of drug-likeness (QED) is 0.541. The molecule has 1 aromatic rings. The Balaban J connectivity index is 2.63. The van der Waals surface area contributed by atoms with E-state index in [1.54, 1.807) is 24.3 Å². The topological polar surface area (TPSA) is 75.4 Å². The zero-order valence-electron chi connectivity index (χ0n) is 7.64. The monoisotopic (exact) mass is 196 g/mol. The van der Waals surface area contributed by atoms with Gasteiger partial charge in [0.05, 0.1) is 6.61 Å². The third-order valence-electron chi connectivity index (χ3n) is 1.68. The minimum absolute atomic E-state index is 0.0411. The van der Waals surface area contributed by atoms with E-state index in [0.29, 0.717) is 12.1 Å². The molecule has 5 heteroatoms. The van der Waals surface area contributed by atoms with Gasteiger partial charge in [0, 0.05) is 22.7 Å². The molecule has 76 valence electrons. The van der Waals surface area contributed by atoms with Crippen LogP contribution in [0.2, 0.25) is 0 Å². The number of nitrogens with one attached hydrogen (secondary N) is 1. The Morgan fingerprint density at radius 3 is 2.93 bits per heavy atom. The second-order valence-corrected chi connectivity index (χ2v) is 2.84. The highest BCUT2D eigenvalue weighted by molar-refractivity contribution is 5.45. The molecule has 0 bridgehead atoms. The molecule has 0 aromatic heterocycles. The number of benzene rings is 1. The lowest BCUT2D eigenvalue weighted by Crippen LogP contribution is -2.06. The van der Waals surface area contributed by atoms with Gasteiger partial charge in [0.1, 0.15) is 0 Å². The molecule has 0 aliphatic heterocycles. The van der Waals surface area contributed by atoms with Gasteiger partial charge in [-0.05, 0) is 12.1 Å². The van der Waals surface area contributed by atoms with E-state index in [1.807, 2.05) is 0 Å². The summed E-state index contributed by atoms with van der Waals surface area (Å²) in [6.07, 6.45) is 0. The summed E-state index contributed by atoms with van der Waals surface area (Å²) >= 11 is 0. The maximum atomic E-state index is 10.2. The molecule has 14 heavy (non-hydrogen) atoms. The molecule has 0 amide bonds. The minimum Gasteiger partial charge on any atom is -0.395 e. The van der Waals surface area contributed by atoms with Crippen molar-refractivity contribution in [1.82, 2.24) is 0 Å². The summed E-state index contributed by atoms with van der Waals surface area (Å²) in [6, 6.07) is 6.96. The van der Waals surface area contributed by atoms with Crippen molar-refractivity contribution in [1.29, 1.82) is 0 Å². The van der Waals surface area contributed by atoms with Crippen LogP contribution in [0.1, 0.15) is 5.56 Å². The standard InChI is InChI=1S/C9H12N2O3/c12-5-4-10-9-3-1-2-8(6-9)7-11(13)14/h1-3,6,10,12H,4-5,7H2. The number of aliphatic hydroxyl groups excluding tert-OH is 1. The van der Waals surface area contributed by atoms with Gasteiger partial charge in [-0.15, -0.1) is 0 Å². The first kappa shape index (κ1) is 10.5. The van der Waals surface area contributed by atoms with Crippen LogP contribution in [0.5, 0.6) is 0 Å². The van der Waals surface area contributed by atoms with E-state index in [0.717, 1.165) is 5.69 Å². The molecule has 0 radical (unpaired) electrons. The van der Waals surface area contributed by atoms with Gasteiger partial charge in [-0.25, -0.2) is 0 Å². The van der Waals surface area contributed by atoms with Crippen LogP contribution in [0.4, 0.5) is 5.69 Å². The van der Waals surface area contributed by atoms with Gasteiger partial charge in [-0.1, -0.05) is 12.1 Å². The van der Waals surface area contributed by atoms with E-state index in [2.05, 4.69) is 5.32 Å². The van der Waals surface area contributed by atoms with E-state index in [1.165, 1.54) is 0 Å². The second kappa shape index (κ2) is 5.18. The van der Waals surface area contributed by atoms with Crippen molar-refractivity contribution in [3.8, 4) is 0 Å². The molecule has 5 nitrogen and oxygen atoms in total. The molecule has 1 aromatic carbocycles. The summed E-state index contributed by atoms with van der Waals surface area (Å²) in [5.74, 6) is 0. The minimum atomic E-state index is -0.370. The smallest absolute Gasteiger partial charge is 0.229 e. The van der Waals surface area contributed by atoms with Gasteiger partial charge in [-0.2, -0.15) is 0 Å². The Labute approximate surface area is 81.5 Å². The third-order valence-corrected chi connectivity index (χ3v) is 1.68. The first-order chi connectivity index (χ1) is 6.72. The van der Waals surface area contributed by atoms with Gasteiger partial charge in [0.15, 0.2) is 0 Å². The van der Waals surface area contributed by atoms with Crippen LogP contribution < -0.4 is 5.32 Å². The Kier molecular flexibility index (Phi) is 3.87. The molecule has 1 rings (SSSR count). The van der Waals surface area contributed by atoms with Crippen LogP contribution in [0, 0.1) is 10.1 Å². The highest BCUT2D eigenvalue weighted by Gasteiger charge is 2.01. The SMILES string of the molecule is O=[N+]([O-])Cc1cccc(NCCO)c1. The predicted molar refractivity (Wildman–Crippen MR) is 52.7 cm³/mol. The number of hydrogen-bond donors (Lipinski definition) is 2. The predicted octanol–water partition coefficient (Wildman–Crippen LogP) is 0.867. The molecular formula is C9H12N2O3. The summed E-state index contributed by atoms with van der Waals surface area (Å²) in [4.78, 5) is 9.87. The van der Waals surface area contributed by atoms with Crippen molar-refractivity contribution in [2.75, 3.05) is 18.5 Å². The highest BCUT2D eigenvalue weighted by atomic mass is 16.6. The lowest BCUT2D eigenvalue weighted by Gasteiger charge is -2.04. The van der Waals surface area contributed by atoms with Crippen LogP contribution in [-0.4, -0.2) is 23.2 Å². The van der Waals surface area contributed by atoms with Gasteiger partial charge < -0.3 is 10.4 Å². The molecular weight excluding hydrogens is 184 g/mol. The fourth-order valence-corrected chi connectivity index (χ4v) is 1.13. The molecule has 0 atom stereocenters. The summed E-state index contributed by atoms with van der Waals surface area (Å²) in [6.45, 7) is 0.316. The van der Waals surface area contributed by atoms with Crippen molar-refractivity contribution in [3.63, 3.8) is 0 Å². The molecule has 0 aliphatic carbocycles. The Bertz CT molecular complexity index is 315. The first-order valence-electron chi connectivity index (χ1n) is 4.28. The molecule has 0 saturated carbocycles.